The van der Waals surface area contributed by atoms with Crippen molar-refractivity contribution in [1.82, 2.24) is 9.62 Å². The fraction of sp³-hybridized carbons (Fsp3) is 0.211. The van der Waals surface area contributed by atoms with Crippen LogP contribution in [0.2, 0.25) is 0 Å². The van der Waals surface area contributed by atoms with Gasteiger partial charge >= 0.3 is 0 Å². The van der Waals surface area contributed by atoms with Gasteiger partial charge in [-0.05, 0) is 23.8 Å². The first-order valence-electron chi connectivity index (χ1n) is 7.97. The van der Waals surface area contributed by atoms with Gasteiger partial charge in [-0.3, -0.25) is 4.79 Å². The van der Waals surface area contributed by atoms with Crippen molar-refractivity contribution in [2.45, 2.75) is 11.4 Å². The van der Waals surface area contributed by atoms with E-state index in [1.165, 1.54) is 36.7 Å². The van der Waals surface area contributed by atoms with Crippen LogP contribution in [0.4, 0.5) is 0 Å². The van der Waals surface area contributed by atoms with E-state index < -0.39 is 10.0 Å². The Morgan fingerprint density at radius 2 is 1.92 bits per heavy atom. The first kappa shape index (κ1) is 19.7. The summed E-state index contributed by atoms with van der Waals surface area (Å²) in [5.41, 5.74) is 1.09. The minimum atomic E-state index is -3.85. The number of carbonyl (C=O) groups excluding carboxylic acids is 1. The molecule has 138 valence electrons. The molecule has 26 heavy (non-hydrogen) atoms. The Morgan fingerprint density at radius 1 is 1.23 bits per heavy atom. The number of sulfonamides is 1. The number of rotatable bonds is 8. The Hall–Kier alpha value is -2.64. The molecule has 2 aromatic carbocycles. The highest BCUT2D eigenvalue weighted by atomic mass is 32.2. The maximum absolute atomic E-state index is 13.0. The van der Waals surface area contributed by atoms with E-state index in [9.17, 15) is 13.2 Å². The van der Waals surface area contributed by atoms with Gasteiger partial charge in [-0.1, -0.05) is 36.4 Å². The van der Waals surface area contributed by atoms with Crippen LogP contribution in [0.5, 0.6) is 5.75 Å². The van der Waals surface area contributed by atoms with Crippen LogP contribution in [-0.2, 0) is 16.6 Å². The largest absolute Gasteiger partial charge is 0.495 e. The van der Waals surface area contributed by atoms with Crippen molar-refractivity contribution in [3.05, 3.63) is 72.3 Å². The van der Waals surface area contributed by atoms with E-state index in [1.54, 1.807) is 6.08 Å². The highest BCUT2D eigenvalue weighted by Crippen LogP contribution is 2.28. The van der Waals surface area contributed by atoms with E-state index in [2.05, 4.69) is 11.9 Å². The van der Waals surface area contributed by atoms with Crippen molar-refractivity contribution in [3.63, 3.8) is 0 Å². The molecule has 0 bridgehead atoms. The molecule has 6 nitrogen and oxygen atoms in total. The second kappa shape index (κ2) is 8.64. The van der Waals surface area contributed by atoms with E-state index in [1.807, 2.05) is 30.3 Å². The van der Waals surface area contributed by atoms with Gasteiger partial charge in [0, 0.05) is 25.7 Å². The van der Waals surface area contributed by atoms with Crippen LogP contribution in [-0.4, -0.2) is 39.3 Å². The fourth-order valence-corrected chi connectivity index (χ4v) is 3.72. The molecule has 0 aliphatic carbocycles. The zero-order valence-corrected chi connectivity index (χ0v) is 15.6. The SMILES string of the molecule is C=CCNC(=O)c1ccc(OC)c(S(=O)(=O)N(C)Cc2ccccc2)c1. The molecule has 1 N–H and O–H groups in total. The van der Waals surface area contributed by atoms with Crippen molar-refractivity contribution in [2.75, 3.05) is 20.7 Å². The number of hydrogen-bond acceptors (Lipinski definition) is 4. The van der Waals surface area contributed by atoms with Crippen molar-refractivity contribution < 1.29 is 17.9 Å². The van der Waals surface area contributed by atoms with E-state index >= 15 is 0 Å². The molecule has 0 unspecified atom stereocenters. The fourth-order valence-electron chi connectivity index (χ4n) is 2.38. The average Bonchev–Trinajstić information content (AvgIpc) is 2.66. The van der Waals surface area contributed by atoms with Gasteiger partial charge in [0.05, 0.1) is 7.11 Å². The molecule has 0 aromatic heterocycles. The normalized spacial score (nSPS) is 11.2. The highest BCUT2D eigenvalue weighted by molar-refractivity contribution is 7.89. The third-order valence-electron chi connectivity index (χ3n) is 3.77. The van der Waals surface area contributed by atoms with E-state index in [4.69, 9.17) is 4.74 Å². The predicted molar refractivity (Wildman–Crippen MR) is 101 cm³/mol. The summed E-state index contributed by atoms with van der Waals surface area (Å²) in [7, 11) is -0.964. The zero-order valence-electron chi connectivity index (χ0n) is 14.8. The molecule has 0 aliphatic heterocycles. The smallest absolute Gasteiger partial charge is 0.251 e. The van der Waals surface area contributed by atoms with Crippen LogP contribution in [0.25, 0.3) is 0 Å². The Labute approximate surface area is 154 Å². The summed E-state index contributed by atoms with van der Waals surface area (Å²) in [6.07, 6.45) is 1.55. The molecule has 0 saturated carbocycles. The Kier molecular flexibility index (Phi) is 6.54. The van der Waals surface area contributed by atoms with Crippen LogP contribution in [0.1, 0.15) is 15.9 Å². The van der Waals surface area contributed by atoms with Crippen molar-refractivity contribution in [3.8, 4) is 5.75 Å². The molecule has 0 spiro atoms. The van der Waals surface area contributed by atoms with Crippen LogP contribution in [0.3, 0.4) is 0 Å². The zero-order chi connectivity index (χ0) is 19.2. The van der Waals surface area contributed by atoms with Gasteiger partial charge in [0.1, 0.15) is 10.6 Å². The van der Waals surface area contributed by atoms with E-state index in [-0.39, 0.29) is 28.7 Å². The number of methoxy groups -OCH3 is 1. The van der Waals surface area contributed by atoms with Crippen molar-refractivity contribution in [2.24, 2.45) is 0 Å². The molecule has 7 heteroatoms. The summed E-state index contributed by atoms with van der Waals surface area (Å²) < 4.78 is 32.4. The van der Waals surface area contributed by atoms with E-state index in [0.29, 0.717) is 6.54 Å². The van der Waals surface area contributed by atoms with Crippen LogP contribution in [0.15, 0.2) is 66.1 Å². The van der Waals surface area contributed by atoms with Gasteiger partial charge in [-0.2, -0.15) is 4.31 Å². The van der Waals surface area contributed by atoms with Gasteiger partial charge in [-0.15, -0.1) is 6.58 Å². The number of hydrogen-bond donors (Lipinski definition) is 1. The first-order chi connectivity index (χ1) is 12.4. The summed E-state index contributed by atoms with van der Waals surface area (Å²) >= 11 is 0. The Balaban J connectivity index is 2.36. The van der Waals surface area contributed by atoms with Crippen molar-refractivity contribution in [1.29, 1.82) is 0 Å². The molecule has 0 atom stereocenters. The molecule has 2 rings (SSSR count). The third kappa shape index (κ3) is 4.50. The minimum absolute atomic E-state index is 0.0512. The Bertz CT molecular complexity index is 880. The first-order valence-corrected chi connectivity index (χ1v) is 9.41. The lowest BCUT2D eigenvalue weighted by Gasteiger charge is -2.19. The molecule has 0 fully saturated rings. The summed E-state index contributed by atoms with van der Waals surface area (Å²) in [4.78, 5) is 12.1. The maximum Gasteiger partial charge on any atom is 0.251 e. The summed E-state index contributed by atoms with van der Waals surface area (Å²) in [5.74, 6) is -0.195. The summed E-state index contributed by atoms with van der Waals surface area (Å²) in [6, 6.07) is 13.6. The monoisotopic (exact) mass is 374 g/mol. The van der Waals surface area contributed by atoms with Gasteiger partial charge in [0.25, 0.3) is 5.91 Å². The lowest BCUT2D eigenvalue weighted by Crippen LogP contribution is -2.28. The van der Waals surface area contributed by atoms with Crippen LogP contribution >= 0.6 is 0 Å². The van der Waals surface area contributed by atoms with Gasteiger partial charge in [-0.25, -0.2) is 8.42 Å². The standard InChI is InChI=1S/C19H22N2O4S/c1-4-12-20-19(22)16-10-11-17(25-3)18(13-16)26(23,24)21(2)14-15-8-6-5-7-9-15/h4-11,13H,1,12,14H2,2-3H3,(H,20,22). The third-order valence-corrected chi connectivity index (χ3v) is 5.59. The molecule has 0 aliphatic rings. The van der Waals surface area contributed by atoms with Crippen molar-refractivity contribution >= 4 is 15.9 Å². The number of ether oxygens (including phenoxy) is 1. The number of nitrogens with zero attached hydrogens (tertiary/aromatic N) is 1. The van der Waals surface area contributed by atoms with E-state index in [0.717, 1.165) is 5.56 Å². The van der Waals surface area contributed by atoms with Gasteiger partial charge in [0.15, 0.2) is 0 Å². The second-order valence-corrected chi connectivity index (χ2v) is 7.62. The highest BCUT2D eigenvalue weighted by Gasteiger charge is 2.26. The average molecular weight is 374 g/mol. The number of nitrogens with one attached hydrogen (secondary N) is 1. The van der Waals surface area contributed by atoms with Crippen LogP contribution < -0.4 is 10.1 Å². The maximum atomic E-state index is 13.0. The van der Waals surface area contributed by atoms with Gasteiger partial charge < -0.3 is 10.1 Å². The molecular formula is C19H22N2O4S. The quantitative estimate of drug-likeness (QED) is 0.720. The topological polar surface area (TPSA) is 75.7 Å². The molecule has 0 heterocycles. The van der Waals surface area contributed by atoms with Crippen LogP contribution in [0, 0.1) is 0 Å². The molecule has 2 aromatic rings. The molecule has 1 amide bonds. The number of amides is 1. The molecule has 0 saturated heterocycles. The molecule has 0 radical (unpaired) electrons. The minimum Gasteiger partial charge on any atom is -0.495 e. The number of carbonyl (C=O) groups is 1. The lowest BCUT2D eigenvalue weighted by molar-refractivity contribution is 0.0957. The summed E-state index contributed by atoms with van der Waals surface area (Å²) in [5, 5.41) is 2.63. The number of benzene rings is 2. The lowest BCUT2D eigenvalue weighted by atomic mass is 10.2. The van der Waals surface area contributed by atoms with Gasteiger partial charge in [0.2, 0.25) is 10.0 Å². The molecular weight excluding hydrogens is 352 g/mol. The second-order valence-electron chi connectivity index (χ2n) is 5.61. The Morgan fingerprint density at radius 3 is 2.54 bits per heavy atom. The predicted octanol–water partition coefficient (Wildman–Crippen LogP) is 2.43. The summed E-state index contributed by atoms with van der Waals surface area (Å²) in [6.45, 7) is 4.04.